The topological polar surface area (TPSA) is 12.0 Å². The summed E-state index contributed by atoms with van der Waals surface area (Å²) in [5, 5.41) is 3.43. The van der Waals surface area contributed by atoms with Gasteiger partial charge < -0.3 is 5.32 Å². The normalized spacial score (nSPS) is 21.6. The van der Waals surface area contributed by atoms with E-state index in [4.69, 9.17) is 0 Å². The van der Waals surface area contributed by atoms with Gasteiger partial charge in [-0.3, -0.25) is 0 Å². The molecule has 0 amide bonds. The third-order valence-electron chi connectivity index (χ3n) is 3.46. The average Bonchev–Trinajstić information content (AvgIpc) is 3.14. The fourth-order valence-corrected chi connectivity index (χ4v) is 2.51. The van der Waals surface area contributed by atoms with E-state index < -0.39 is 0 Å². The summed E-state index contributed by atoms with van der Waals surface area (Å²) in [5.41, 5.74) is 0.486. The number of halogens is 3. The molecule has 0 aromatic heterocycles. The van der Waals surface area contributed by atoms with Gasteiger partial charge in [0, 0.05) is 17.6 Å². The second-order valence-corrected chi connectivity index (χ2v) is 5.90. The fourth-order valence-electron chi connectivity index (χ4n) is 2.19. The van der Waals surface area contributed by atoms with Gasteiger partial charge in [0.05, 0.1) is 4.47 Å². The summed E-state index contributed by atoms with van der Waals surface area (Å²) in [6, 6.07) is 3.06. The van der Waals surface area contributed by atoms with Crippen LogP contribution < -0.4 is 5.32 Å². The zero-order valence-electron chi connectivity index (χ0n) is 9.35. The maximum Gasteiger partial charge on any atom is 0.137 e. The molecule has 1 nitrogen and oxygen atoms in total. The molecule has 0 heterocycles. The second kappa shape index (κ2) is 4.32. The van der Waals surface area contributed by atoms with Crippen LogP contribution in [0.4, 0.5) is 8.78 Å². The first-order valence-electron chi connectivity index (χ1n) is 6.05. The van der Waals surface area contributed by atoms with Gasteiger partial charge in [-0.2, -0.15) is 0 Å². The smallest absolute Gasteiger partial charge is 0.137 e. The molecule has 0 aliphatic heterocycles. The van der Waals surface area contributed by atoms with Gasteiger partial charge in [0.1, 0.15) is 11.6 Å². The van der Waals surface area contributed by atoms with Crippen LogP contribution in [-0.4, -0.2) is 6.04 Å². The van der Waals surface area contributed by atoms with Gasteiger partial charge >= 0.3 is 0 Å². The summed E-state index contributed by atoms with van der Waals surface area (Å²) in [6.45, 7) is 0. The predicted molar refractivity (Wildman–Crippen MR) is 65.7 cm³/mol. The molecule has 17 heavy (non-hydrogen) atoms. The van der Waals surface area contributed by atoms with Crippen LogP contribution in [0.2, 0.25) is 0 Å². The summed E-state index contributed by atoms with van der Waals surface area (Å²) in [6.07, 6.45) is 4.54. The Morgan fingerprint density at radius 2 is 1.82 bits per heavy atom. The van der Waals surface area contributed by atoms with E-state index in [0.717, 1.165) is 25.7 Å². The summed E-state index contributed by atoms with van der Waals surface area (Å²) in [5.74, 6) is -0.223. The minimum absolute atomic E-state index is 0.00917. The first kappa shape index (κ1) is 11.6. The van der Waals surface area contributed by atoms with Crippen molar-refractivity contribution in [1.82, 2.24) is 5.32 Å². The van der Waals surface area contributed by atoms with Crippen LogP contribution in [0.15, 0.2) is 16.6 Å². The minimum atomic E-state index is -0.385. The van der Waals surface area contributed by atoms with E-state index in [-0.39, 0.29) is 22.1 Å². The van der Waals surface area contributed by atoms with E-state index in [9.17, 15) is 8.78 Å². The largest absolute Gasteiger partial charge is 0.307 e. The van der Waals surface area contributed by atoms with Crippen molar-refractivity contribution < 1.29 is 8.78 Å². The van der Waals surface area contributed by atoms with Crippen LogP contribution >= 0.6 is 15.9 Å². The molecule has 2 aliphatic rings. The molecule has 0 spiro atoms. The molecule has 92 valence electrons. The lowest BCUT2D eigenvalue weighted by Gasteiger charge is -2.19. The van der Waals surface area contributed by atoms with Crippen LogP contribution in [0.5, 0.6) is 0 Å². The third-order valence-corrected chi connectivity index (χ3v) is 4.07. The molecule has 1 aromatic carbocycles. The molecule has 1 unspecified atom stereocenters. The Morgan fingerprint density at radius 3 is 2.41 bits per heavy atom. The Balaban J connectivity index is 1.90. The maximum atomic E-state index is 13.9. The van der Waals surface area contributed by atoms with E-state index in [1.807, 2.05) is 0 Å². The molecular formula is C13H14BrF2N. The number of hydrogen-bond donors (Lipinski definition) is 1. The SMILES string of the molecule is Fc1cc(C(NC2CC2)C2CC2)c(F)cc1Br. The number of hydrogen-bond acceptors (Lipinski definition) is 1. The quantitative estimate of drug-likeness (QED) is 0.831. The fraction of sp³-hybridized carbons (Fsp3) is 0.538. The lowest BCUT2D eigenvalue weighted by atomic mass is 10.0. The van der Waals surface area contributed by atoms with Crippen molar-refractivity contribution in [2.75, 3.05) is 0 Å². The van der Waals surface area contributed by atoms with Crippen molar-refractivity contribution in [2.45, 2.75) is 37.8 Å². The van der Waals surface area contributed by atoms with Gasteiger partial charge in [-0.25, -0.2) is 8.78 Å². The summed E-state index contributed by atoms with van der Waals surface area (Å²) < 4.78 is 27.6. The minimum Gasteiger partial charge on any atom is -0.307 e. The van der Waals surface area contributed by atoms with E-state index in [2.05, 4.69) is 21.2 Å². The zero-order valence-corrected chi connectivity index (χ0v) is 10.9. The van der Waals surface area contributed by atoms with Gasteiger partial charge in [0.15, 0.2) is 0 Å². The van der Waals surface area contributed by atoms with Crippen molar-refractivity contribution in [3.8, 4) is 0 Å². The molecule has 2 aliphatic carbocycles. The van der Waals surface area contributed by atoms with E-state index in [0.29, 0.717) is 17.5 Å². The van der Waals surface area contributed by atoms with Crippen molar-refractivity contribution in [3.05, 3.63) is 33.8 Å². The molecular weight excluding hydrogens is 288 g/mol. The van der Waals surface area contributed by atoms with E-state index in [1.165, 1.54) is 12.1 Å². The predicted octanol–water partition coefficient (Wildman–Crippen LogP) is 3.93. The molecule has 2 fully saturated rings. The van der Waals surface area contributed by atoms with E-state index in [1.54, 1.807) is 0 Å². The molecule has 0 bridgehead atoms. The Morgan fingerprint density at radius 1 is 1.12 bits per heavy atom. The summed E-state index contributed by atoms with van der Waals surface area (Å²) in [4.78, 5) is 0. The van der Waals surface area contributed by atoms with Crippen LogP contribution in [0, 0.1) is 17.6 Å². The van der Waals surface area contributed by atoms with Crippen LogP contribution in [0.25, 0.3) is 0 Å². The zero-order chi connectivity index (χ0) is 12.0. The van der Waals surface area contributed by atoms with Crippen molar-refractivity contribution in [2.24, 2.45) is 5.92 Å². The number of nitrogens with one attached hydrogen (secondary N) is 1. The Hall–Kier alpha value is -0.480. The highest BCUT2D eigenvalue weighted by Gasteiger charge is 2.37. The monoisotopic (exact) mass is 301 g/mol. The van der Waals surface area contributed by atoms with Crippen LogP contribution in [0.3, 0.4) is 0 Å². The second-order valence-electron chi connectivity index (χ2n) is 5.04. The average molecular weight is 302 g/mol. The van der Waals surface area contributed by atoms with Gasteiger partial charge in [-0.05, 0) is 59.7 Å². The Kier molecular flexibility index (Phi) is 2.95. The molecule has 4 heteroatoms. The standard InChI is InChI=1S/C13H14BrF2N/c14-10-6-11(15)9(5-12(10)16)13(7-1-2-7)17-8-3-4-8/h5-8,13,17H,1-4H2. The summed E-state index contributed by atoms with van der Waals surface area (Å²) in [7, 11) is 0. The molecule has 3 rings (SSSR count). The number of rotatable bonds is 4. The molecule has 1 aromatic rings. The third kappa shape index (κ3) is 2.52. The lowest BCUT2D eigenvalue weighted by Crippen LogP contribution is -2.26. The Labute approximate surface area is 108 Å². The van der Waals surface area contributed by atoms with Gasteiger partial charge in [0.2, 0.25) is 0 Å². The molecule has 2 saturated carbocycles. The van der Waals surface area contributed by atoms with Crippen molar-refractivity contribution >= 4 is 15.9 Å². The Bertz CT molecular complexity index is 441. The maximum absolute atomic E-state index is 13.9. The van der Waals surface area contributed by atoms with Crippen molar-refractivity contribution in [3.63, 3.8) is 0 Å². The molecule has 0 radical (unpaired) electrons. The van der Waals surface area contributed by atoms with Gasteiger partial charge in [0.25, 0.3) is 0 Å². The molecule has 0 saturated heterocycles. The molecule has 1 N–H and O–H groups in total. The van der Waals surface area contributed by atoms with Gasteiger partial charge in [-0.15, -0.1) is 0 Å². The van der Waals surface area contributed by atoms with Crippen molar-refractivity contribution in [1.29, 1.82) is 0 Å². The molecule has 1 atom stereocenters. The summed E-state index contributed by atoms with van der Waals surface area (Å²) >= 11 is 3.01. The highest BCUT2D eigenvalue weighted by atomic mass is 79.9. The first-order chi connectivity index (χ1) is 8.15. The van der Waals surface area contributed by atoms with Crippen LogP contribution in [0.1, 0.15) is 37.3 Å². The van der Waals surface area contributed by atoms with E-state index >= 15 is 0 Å². The van der Waals surface area contributed by atoms with Gasteiger partial charge in [-0.1, -0.05) is 0 Å². The first-order valence-corrected chi connectivity index (χ1v) is 6.85. The number of benzene rings is 1. The highest BCUT2D eigenvalue weighted by molar-refractivity contribution is 9.10. The lowest BCUT2D eigenvalue weighted by molar-refractivity contribution is 0.450. The van der Waals surface area contributed by atoms with Crippen LogP contribution in [-0.2, 0) is 0 Å². The highest BCUT2D eigenvalue weighted by Crippen LogP contribution is 2.43.